The van der Waals surface area contributed by atoms with Gasteiger partial charge in [-0.3, -0.25) is 9.80 Å². The number of nitrogens with zero attached hydrogens (tertiary/aromatic N) is 6. The Morgan fingerprint density at radius 3 is 2.17 bits per heavy atom. The largest absolute Gasteiger partial charge is 0.312 e. The van der Waals surface area contributed by atoms with E-state index < -0.39 is 0 Å². The molecule has 0 saturated carbocycles. The van der Waals surface area contributed by atoms with Crippen LogP contribution in [0.15, 0.2) is 71.7 Å². The fraction of sp³-hybridized carbons (Fsp3) is 0.292. The Balaban J connectivity index is 1.70. The third-order valence-electron chi connectivity index (χ3n) is 5.08. The summed E-state index contributed by atoms with van der Waals surface area (Å²) in [5.74, 6) is 1.58. The molecule has 6 nitrogen and oxygen atoms in total. The van der Waals surface area contributed by atoms with Crippen LogP contribution in [-0.2, 0) is 6.54 Å². The molecule has 0 fully saturated rings. The number of aryl methyl sites for hydroxylation is 2. The highest BCUT2D eigenvalue weighted by Crippen LogP contribution is 2.22. The highest BCUT2D eigenvalue weighted by atomic mass is 15.5. The summed E-state index contributed by atoms with van der Waals surface area (Å²) in [7, 11) is 0. The first-order chi connectivity index (χ1) is 14.6. The number of hydrogen-bond acceptors (Lipinski definition) is 6. The van der Waals surface area contributed by atoms with Crippen LogP contribution in [-0.4, -0.2) is 40.7 Å². The molecule has 0 radical (unpaired) electrons. The van der Waals surface area contributed by atoms with Gasteiger partial charge in [-0.15, -0.1) is 0 Å². The molecule has 0 bridgehead atoms. The second-order valence-corrected chi connectivity index (χ2v) is 7.51. The van der Waals surface area contributed by atoms with Crippen LogP contribution in [0.3, 0.4) is 0 Å². The van der Waals surface area contributed by atoms with Gasteiger partial charge in [-0.25, -0.2) is 15.0 Å². The van der Waals surface area contributed by atoms with E-state index in [2.05, 4.69) is 70.2 Å². The number of anilines is 2. The van der Waals surface area contributed by atoms with Crippen LogP contribution in [0, 0.1) is 13.8 Å². The van der Waals surface area contributed by atoms with Gasteiger partial charge in [0.15, 0.2) is 0 Å². The van der Waals surface area contributed by atoms with Gasteiger partial charge in [-0.1, -0.05) is 48.5 Å². The summed E-state index contributed by atoms with van der Waals surface area (Å²) in [6, 6.07) is 22.9. The van der Waals surface area contributed by atoms with Crippen molar-refractivity contribution in [3.63, 3.8) is 0 Å². The number of guanidine groups is 1. The van der Waals surface area contributed by atoms with Gasteiger partial charge in [0.25, 0.3) is 0 Å². The third kappa shape index (κ3) is 4.49. The van der Waals surface area contributed by atoms with Crippen molar-refractivity contribution in [1.29, 1.82) is 0 Å². The van der Waals surface area contributed by atoms with Crippen molar-refractivity contribution in [2.75, 3.05) is 29.7 Å². The van der Waals surface area contributed by atoms with E-state index in [4.69, 9.17) is 15.0 Å². The first kappa shape index (κ1) is 20.0. The molecule has 0 N–H and O–H groups in total. The highest BCUT2D eigenvalue weighted by Gasteiger charge is 2.28. The van der Waals surface area contributed by atoms with E-state index in [-0.39, 0.29) is 0 Å². The lowest BCUT2D eigenvalue weighted by Gasteiger charge is -2.39. The van der Waals surface area contributed by atoms with E-state index >= 15 is 0 Å². The topological polar surface area (TPSA) is 47.9 Å². The minimum Gasteiger partial charge on any atom is -0.312 e. The molecule has 0 atom stereocenters. The minimum atomic E-state index is 0.634. The van der Waals surface area contributed by atoms with E-state index in [1.807, 2.05) is 32.0 Å². The van der Waals surface area contributed by atoms with Gasteiger partial charge in [0.1, 0.15) is 0 Å². The predicted octanol–water partition coefficient (Wildman–Crippen LogP) is 4.21. The van der Waals surface area contributed by atoms with Gasteiger partial charge in [-0.2, -0.15) is 0 Å². The summed E-state index contributed by atoms with van der Waals surface area (Å²) in [5, 5.41) is 0. The molecule has 2 aromatic carbocycles. The van der Waals surface area contributed by atoms with Crippen LogP contribution < -0.4 is 9.80 Å². The Labute approximate surface area is 178 Å². The fourth-order valence-corrected chi connectivity index (χ4v) is 3.76. The van der Waals surface area contributed by atoms with Gasteiger partial charge < -0.3 is 4.90 Å². The molecule has 1 aromatic heterocycles. The zero-order chi connectivity index (χ0) is 20.9. The molecule has 0 saturated heterocycles. The molecule has 0 aliphatic carbocycles. The summed E-state index contributed by atoms with van der Waals surface area (Å²) in [5.41, 5.74) is 4.30. The third-order valence-corrected chi connectivity index (χ3v) is 5.08. The van der Waals surface area contributed by atoms with Crippen molar-refractivity contribution < 1.29 is 0 Å². The Kier molecular flexibility index (Phi) is 6.05. The summed E-state index contributed by atoms with van der Waals surface area (Å²) < 4.78 is 0. The number of aliphatic imine (C=N–C) groups is 1. The number of benzene rings is 2. The molecule has 0 unspecified atom stereocenters. The molecule has 1 aliphatic heterocycles. The van der Waals surface area contributed by atoms with Crippen LogP contribution in [0.2, 0.25) is 0 Å². The number of aromatic nitrogens is 2. The second-order valence-electron chi connectivity index (χ2n) is 7.51. The van der Waals surface area contributed by atoms with Crippen molar-refractivity contribution in [3.8, 4) is 0 Å². The van der Waals surface area contributed by atoms with E-state index in [1.54, 1.807) is 0 Å². The first-order valence-electron chi connectivity index (χ1n) is 10.4. The SMILES string of the molecule is CCN(C1=NCN(Cc2ccccc2)CN1c1nc(C)cc(C)n1)c1ccccc1. The predicted molar refractivity (Wildman–Crippen MR) is 123 cm³/mol. The molecule has 6 heteroatoms. The smallest absolute Gasteiger partial charge is 0.233 e. The maximum absolute atomic E-state index is 4.99. The summed E-state index contributed by atoms with van der Waals surface area (Å²) in [4.78, 5) is 21.1. The second kappa shape index (κ2) is 9.05. The van der Waals surface area contributed by atoms with Crippen molar-refractivity contribution in [2.24, 2.45) is 4.99 Å². The Morgan fingerprint density at radius 2 is 1.53 bits per heavy atom. The van der Waals surface area contributed by atoms with Crippen molar-refractivity contribution in [1.82, 2.24) is 14.9 Å². The summed E-state index contributed by atoms with van der Waals surface area (Å²) >= 11 is 0. The zero-order valence-corrected chi connectivity index (χ0v) is 17.9. The van der Waals surface area contributed by atoms with Crippen LogP contribution >= 0.6 is 0 Å². The molecule has 154 valence electrons. The van der Waals surface area contributed by atoms with Crippen LogP contribution in [0.5, 0.6) is 0 Å². The van der Waals surface area contributed by atoms with Gasteiger partial charge in [-0.05, 0) is 44.5 Å². The number of hydrogen-bond donors (Lipinski definition) is 0. The standard InChI is InChI=1S/C24H28N6/c1-4-29(22-13-9-6-10-14-22)24-25-17-28(16-21-11-7-5-8-12-21)18-30(24)23-26-19(2)15-20(3)27-23/h5-15H,4,16-18H2,1-3H3. The van der Waals surface area contributed by atoms with Gasteiger partial charge in [0.2, 0.25) is 11.9 Å². The van der Waals surface area contributed by atoms with Crippen molar-refractivity contribution in [3.05, 3.63) is 83.7 Å². The maximum Gasteiger partial charge on any atom is 0.233 e. The molecule has 4 rings (SSSR count). The Morgan fingerprint density at radius 1 is 0.900 bits per heavy atom. The van der Waals surface area contributed by atoms with Crippen LogP contribution in [0.4, 0.5) is 11.6 Å². The normalized spacial score (nSPS) is 14.5. The maximum atomic E-state index is 4.99. The van der Waals surface area contributed by atoms with Gasteiger partial charge in [0, 0.05) is 30.2 Å². The Bertz CT molecular complexity index is 982. The lowest BCUT2D eigenvalue weighted by molar-refractivity contribution is 0.270. The zero-order valence-electron chi connectivity index (χ0n) is 17.9. The summed E-state index contributed by atoms with van der Waals surface area (Å²) in [6.07, 6.45) is 0. The van der Waals surface area contributed by atoms with Crippen LogP contribution in [0.1, 0.15) is 23.9 Å². The van der Waals surface area contributed by atoms with Gasteiger partial charge >= 0.3 is 0 Å². The van der Waals surface area contributed by atoms with E-state index in [9.17, 15) is 0 Å². The van der Waals surface area contributed by atoms with E-state index in [0.717, 1.165) is 36.1 Å². The quantitative estimate of drug-likeness (QED) is 0.642. The van der Waals surface area contributed by atoms with E-state index in [1.165, 1.54) is 5.56 Å². The average molecular weight is 401 g/mol. The molecular weight excluding hydrogens is 372 g/mol. The van der Waals surface area contributed by atoms with Crippen molar-refractivity contribution in [2.45, 2.75) is 27.3 Å². The minimum absolute atomic E-state index is 0.634. The molecular formula is C24H28N6. The van der Waals surface area contributed by atoms with E-state index in [0.29, 0.717) is 19.3 Å². The fourth-order valence-electron chi connectivity index (χ4n) is 3.76. The summed E-state index contributed by atoms with van der Waals surface area (Å²) in [6.45, 7) is 9.12. The number of rotatable bonds is 5. The van der Waals surface area contributed by atoms with Gasteiger partial charge in [0.05, 0.1) is 13.3 Å². The molecule has 0 spiro atoms. The monoisotopic (exact) mass is 400 g/mol. The van der Waals surface area contributed by atoms with Crippen molar-refractivity contribution >= 4 is 17.6 Å². The highest BCUT2D eigenvalue weighted by molar-refractivity contribution is 6.06. The first-order valence-corrected chi connectivity index (χ1v) is 10.4. The average Bonchev–Trinajstić information content (AvgIpc) is 2.76. The van der Waals surface area contributed by atoms with Crippen LogP contribution in [0.25, 0.3) is 0 Å². The molecule has 3 aromatic rings. The molecule has 2 heterocycles. The Hall–Kier alpha value is -3.25. The lowest BCUT2D eigenvalue weighted by Crippen LogP contribution is -2.54. The molecule has 30 heavy (non-hydrogen) atoms. The lowest BCUT2D eigenvalue weighted by atomic mass is 10.2. The molecule has 1 aliphatic rings. The number of para-hydroxylation sites is 1. The molecule has 0 amide bonds.